The second-order valence-electron chi connectivity index (χ2n) is 7.37. The van der Waals surface area contributed by atoms with Gasteiger partial charge in [-0.2, -0.15) is 0 Å². The summed E-state index contributed by atoms with van der Waals surface area (Å²) in [4.78, 5) is 17.0. The monoisotopic (exact) mass is 401 g/mol. The molecule has 28 heavy (non-hydrogen) atoms. The number of carbonyl (C=O) groups excluding carboxylic acids is 1. The summed E-state index contributed by atoms with van der Waals surface area (Å²) in [5.41, 5.74) is 8.33. The Bertz CT molecular complexity index is 857. The van der Waals surface area contributed by atoms with Gasteiger partial charge in [-0.05, 0) is 55.3 Å². The summed E-state index contributed by atoms with van der Waals surface area (Å²) in [7, 11) is 0. The number of hydrogen-bond donors (Lipinski definition) is 1. The number of nitrogen functional groups attached to an aromatic ring is 1. The molecule has 0 saturated carbocycles. The SMILES string of the molecule is CC1CN(Cc2ccc(F)cc2)CC(C)N1C(=O)/C=C/c1ccc(Cl)cc1N. The van der Waals surface area contributed by atoms with Gasteiger partial charge in [-0.3, -0.25) is 9.69 Å². The molecule has 0 spiro atoms. The van der Waals surface area contributed by atoms with Crippen LogP contribution in [0.1, 0.15) is 25.0 Å². The van der Waals surface area contributed by atoms with E-state index in [2.05, 4.69) is 18.7 Å². The van der Waals surface area contributed by atoms with Crippen LogP contribution in [0.25, 0.3) is 6.08 Å². The summed E-state index contributed by atoms with van der Waals surface area (Å²) in [6, 6.07) is 11.9. The predicted molar refractivity (Wildman–Crippen MR) is 112 cm³/mol. The lowest BCUT2D eigenvalue weighted by atomic mass is 10.1. The van der Waals surface area contributed by atoms with Gasteiger partial charge in [-0.25, -0.2) is 4.39 Å². The topological polar surface area (TPSA) is 49.6 Å². The number of nitrogens with zero attached hydrogens (tertiary/aromatic N) is 2. The van der Waals surface area contributed by atoms with Crippen LogP contribution < -0.4 is 5.73 Å². The van der Waals surface area contributed by atoms with E-state index in [1.54, 1.807) is 42.5 Å². The van der Waals surface area contributed by atoms with Crippen molar-refractivity contribution in [2.75, 3.05) is 18.8 Å². The van der Waals surface area contributed by atoms with Crippen LogP contribution >= 0.6 is 11.6 Å². The molecule has 2 N–H and O–H groups in total. The van der Waals surface area contributed by atoms with Gasteiger partial charge in [0.2, 0.25) is 5.91 Å². The molecule has 1 aliphatic rings. The second kappa shape index (κ2) is 8.76. The van der Waals surface area contributed by atoms with Crippen LogP contribution in [0.2, 0.25) is 5.02 Å². The summed E-state index contributed by atoms with van der Waals surface area (Å²) in [6.07, 6.45) is 3.31. The minimum Gasteiger partial charge on any atom is -0.398 e. The molecule has 148 valence electrons. The van der Waals surface area contributed by atoms with Gasteiger partial charge < -0.3 is 10.6 Å². The van der Waals surface area contributed by atoms with E-state index in [-0.39, 0.29) is 23.8 Å². The third kappa shape index (κ3) is 4.91. The number of anilines is 1. The van der Waals surface area contributed by atoms with Gasteiger partial charge in [0.1, 0.15) is 5.82 Å². The molecular formula is C22H25ClFN3O. The largest absolute Gasteiger partial charge is 0.398 e. The van der Waals surface area contributed by atoms with Crippen molar-refractivity contribution in [1.29, 1.82) is 0 Å². The van der Waals surface area contributed by atoms with Crippen LogP contribution in [0.3, 0.4) is 0 Å². The Balaban J connectivity index is 1.64. The van der Waals surface area contributed by atoms with Gasteiger partial charge in [0.15, 0.2) is 0 Å². The molecule has 1 aliphatic heterocycles. The lowest BCUT2D eigenvalue weighted by Gasteiger charge is -2.44. The average Bonchev–Trinajstić information content (AvgIpc) is 2.62. The van der Waals surface area contributed by atoms with Crippen molar-refractivity contribution in [2.45, 2.75) is 32.5 Å². The molecule has 3 rings (SSSR count). The van der Waals surface area contributed by atoms with Crippen LogP contribution in [0.4, 0.5) is 10.1 Å². The number of carbonyl (C=O) groups is 1. The fraction of sp³-hybridized carbons (Fsp3) is 0.318. The van der Waals surface area contributed by atoms with Crippen molar-refractivity contribution in [3.8, 4) is 0 Å². The average molecular weight is 402 g/mol. The normalized spacial score (nSPS) is 20.6. The first-order valence-electron chi connectivity index (χ1n) is 9.35. The maximum Gasteiger partial charge on any atom is 0.247 e. The molecule has 0 aliphatic carbocycles. The smallest absolute Gasteiger partial charge is 0.247 e. The Morgan fingerprint density at radius 3 is 2.43 bits per heavy atom. The minimum atomic E-state index is -0.228. The first-order chi connectivity index (χ1) is 13.3. The highest BCUT2D eigenvalue weighted by atomic mass is 35.5. The number of rotatable bonds is 4. The van der Waals surface area contributed by atoms with Gasteiger partial charge in [-0.15, -0.1) is 0 Å². The Hall–Kier alpha value is -2.37. The zero-order valence-corrected chi connectivity index (χ0v) is 16.9. The summed E-state index contributed by atoms with van der Waals surface area (Å²) in [5, 5.41) is 0.570. The van der Waals surface area contributed by atoms with Crippen LogP contribution in [-0.4, -0.2) is 40.9 Å². The number of halogens is 2. The fourth-order valence-electron chi connectivity index (χ4n) is 3.79. The maximum atomic E-state index is 13.1. The molecule has 0 bridgehead atoms. The molecule has 2 aromatic rings. The Kier molecular flexibility index (Phi) is 6.37. The van der Waals surface area contributed by atoms with Crippen LogP contribution in [-0.2, 0) is 11.3 Å². The molecular weight excluding hydrogens is 377 g/mol. The molecule has 4 nitrogen and oxygen atoms in total. The first kappa shape index (κ1) is 20.4. The molecule has 1 saturated heterocycles. The number of amides is 1. The third-order valence-electron chi connectivity index (χ3n) is 5.02. The van der Waals surface area contributed by atoms with Crippen molar-refractivity contribution in [1.82, 2.24) is 9.80 Å². The van der Waals surface area contributed by atoms with Crippen molar-refractivity contribution >= 4 is 29.3 Å². The molecule has 2 atom stereocenters. The number of benzene rings is 2. The second-order valence-corrected chi connectivity index (χ2v) is 7.81. The molecule has 2 unspecified atom stereocenters. The van der Waals surface area contributed by atoms with Gasteiger partial charge in [0, 0.05) is 48.5 Å². The molecule has 1 heterocycles. The molecule has 1 amide bonds. The minimum absolute atomic E-state index is 0.0317. The van der Waals surface area contributed by atoms with E-state index in [1.807, 2.05) is 4.90 Å². The van der Waals surface area contributed by atoms with E-state index in [0.717, 1.165) is 30.8 Å². The lowest BCUT2D eigenvalue weighted by molar-refractivity contribution is -0.133. The summed E-state index contributed by atoms with van der Waals surface area (Å²) < 4.78 is 13.1. The Morgan fingerprint density at radius 1 is 1.18 bits per heavy atom. The quantitative estimate of drug-likeness (QED) is 0.617. The molecule has 6 heteroatoms. The van der Waals surface area contributed by atoms with Crippen LogP contribution in [0.5, 0.6) is 0 Å². The van der Waals surface area contributed by atoms with Gasteiger partial charge in [-0.1, -0.05) is 29.8 Å². The summed E-state index contributed by atoms with van der Waals surface area (Å²) >= 11 is 5.92. The third-order valence-corrected chi connectivity index (χ3v) is 5.26. The Morgan fingerprint density at radius 2 is 1.82 bits per heavy atom. The lowest BCUT2D eigenvalue weighted by Crippen LogP contribution is -2.57. The van der Waals surface area contributed by atoms with E-state index in [9.17, 15) is 9.18 Å². The zero-order valence-electron chi connectivity index (χ0n) is 16.1. The van der Waals surface area contributed by atoms with E-state index < -0.39 is 0 Å². The maximum absolute atomic E-state index is 13.1. The Labute approximate surface area is 170 Å². The standard InChI is InChI=1S/C22H25ClFN3O/c1-15-12-26(14-17-3-8-20(24)9-4-17)13-16(2)27(15)22(28)10-6-18-5-7-19(23)11-21(18)25/h3-11,15-16H,12-14,25H2,1-2H3/b10-6+. The van der Waals surface area contributed by atoms with Crippen LogP contribution in [0.15, 0.2) is 48.5 Å². The van der Waals surface area contributed by atoms with Crippen molar-refractivity contribution in [3.63, 3.8) is 0 Å². The van der Waals surface area contributed by atoms with E-state index >= 15 is 0 Å². The van der Waals surface area contributed by atoms with E-state index in [4.69, 9.17) is 17.3 Å². The highest BCUT2D eigenvalue weighted by Gasteiger charge is 2.31. The number of nitrogens with two attached hydrogens (primary N) is 1. The highest BCUT2D eigenvalue weighted by Crippen LogP contribution is 2.21. The van der Waals surface area contributed by atoms with Crippen LogP contribution in [0, 0.1) is 5.82 Å². The molecule has 0 aromatic heterocycles. The molecule has 1 fully saturated rings. The van der Waals surface area contributed by atoms with Crippen molar-refractivity contribution in [2.24, 2.45) is 0 Å². The summed E-state index contributed by atoms with van der Waals surface area (Å²) in [5.74, 6) is -0.259. The van der Waals surface area contributed by atoms with Gasteiger partial charge in [0.25, 0.3) is 0 Å². The molecule has 0 radical (unpaired) electrons. The van der Waals surface area contributed by atoms with Gasteiger partial charge >= 0.3 is 0 Å². The number of hydrogen-bond acceptors (Lipinski definition) is 3. The van der Waals surface area contributed by atoms with Crippen molar-refractivity contribution in [3.05, 3.63) is 70.5 Å². The number of piperazine rings is 1. The first-order valence-corrected chi connectivity index (χ1v) is 9.73. The van der Waals surface area contributed by atoms with E-state index in [1.165, 1.54) is 12.1 Å². The molecule has 2 aromatic carbocycles. The van der Waals surface area contributed by atoms with Crippen molar-refractivity contribution < 1.29 is 9.18 Å². The van der Waals surface area contributed by atoms with E-state index in [0.29, 0.717) is 10.7 Å². The summed E-state index contributed by atoms with van der Waals surface area (Å²) in [6.45, 7) is 6.38. The van der Waals surface area contributed by atoms with Gasteiger partial charge in [0.05, 0.1) is 0 Å². The predicted octanol–water partition coefficient (Wildman–Crippen LogP) is 4.20. The zero-order chi connectivity index (χ0) is 20.3. The fourth-order valence-corrected chi connectivity index (χ4v) is 3.97. The highest BCUT2D eigenvalue weighted by molar-refractivity contribution is 6.30.